The molecule has 0 spiro atoms. The number of phenolic OH excluding ortho intramolecular Hbond substituents is 1. The number of methoxy groups -OCH3 is 2. The lowest BCUT2D eigenvalue weighted by molar-refractivity contribution is 0.0762. The highest BCUT2D eigenvalue weighted by molar-refractivity contribution is 5.85. The van der Waals surface area contributed by atoms with Gasteiger partial charge in [0.2, 0.25) is 0 Å². The first kappa shape index (κ1) is 20.3. The Labute approximate surface area is 178 Å². The third kappa shape index (κ3) is 2.86. The minimum absolute atomic E-state index is 0.0397. The monoisotopic (exact) mass is 404 g/mol. The van der Waals surface area contributed by atoms with Crippen LogP contribution >= 0.6 is 0 Å². The number of rotatable bonds is 3. The number of nitriles is 1. The molecule has 1 aromatic carbocycles. The maximum Gasteiger partial charge on any atom is 0.125 e. The summed E-state index contributed by atoms with van der Waals surface area (Å²) < 4.78 is 11.2. The number of aromatic hydroxyl groups is 1. The summed E-state index contributed by atoms with van der Waals surface area (Å²) >= 11 is 0. The molecule has 0 bridgehead atoms. The molecule has 3 unspecified atom stereocenters. The first-order valence-electron chi connectivity index (χ1n) is 10.3. The van der Waals surface area contributed by atoms with E-state index in [2.05, 4.69) is 30.9 Å². The van der Waals surface area contributed by atoms with Gasteiger partial charge < -0.3 is 19.5 Å². The summed E-state index contributed by atoms with van der Waals surface area (Å²) in [5.74, 6) is 1.09. The summed E-state index contributed by atoms with van der Waals surface area (Å²) in [5.41, 5.74) is 7.54. The summed E-state index contributed by atoms with van der Waals surface area (Å²) in [6, 6.07) is 6.65. The molecule has 3 atom stereocenters. The largest absolute Gasteiger partial charge is 0.507 e. The summed E-state index contributed by atoms with van der Waals surface area (Å²) in [6.07, 6.45) is 4.92. The summed E-state index contributed by atoms with van der Waals surface area (Å²) in [5, 5.41) is 20.5. The molecule has 0 amide bonds. The topological polar surface area (TPSA) is 65.7 Å². The van der Waals surface area contributed by atoms with Gasteiger partial charge in [0.25, 0.3) is 0 Å². The van der Waals surface area contributed by atoms with E-state index in [0.29, 0.717) is 11.3 Å². The van der Waals surface area contributed by atoms with Crippen LogP contribution in [-0.2, 0) is 9.47 Å². The Morgan fingerprint density at radius 3 is 2.40 bits per heavy atom. The standard InChI is InChI=1S/C25H28N2O3/c1-13-7-18(8-14(2)25(13)28)23-16(4)27-15(3)9-17-10-21(29-5)22(30-6)11-19(17)24(27)20(23)12-26/h7-9,11,15-16,21,28H,10H2,1-6H3. The Balaban J connectivity index is 1.98. The normalized spacial score (nSPS) is 25.5. The molecule has 2 heterocycles. The molecule has 2 aliphatic heterocycles. The van der Waals surface area contributed by atoms with E-state index in [1.54, 1.807) is 14.2 Å². The summed E-state index contributed by atoms with van der Waals surface area (Å²) in [6.45, 7) is 8.11. The van der Waals surface area contributed by atoms with E-state index in [-0.39, 0.29) is 18.2 Å². The van der Waals surface area contributed by atoms with E-state index in [4.69, 9.17) is 9.47 Å². The second kappa shape index (κ2) is 7.37. The highest BCUT2D eigenvalue weighted by atomic mass is 16.5. The molecule has 0 saturated heterocycles. The van der Waals surface area contributed by atoms with E-state index in [1.807, 2.05) is 32.1 Å². The highest BCUT2D eigenvalue weighted by Crippen LogP contribution is 2.48. The number of allylic oxidation sites excluding steroid dienone is 3. The molecule has 5 heteroatoms. The zero-order chi connectivity index (χ0) is 21.7. The van der Waals surface area contributed by atoms with Gasteiger partial charge in [0.05, 0.1) is 24.4 Å². The van der Waals surface area contributed by atoms with Crippen LogP contribution in [0.2, 0.25) is 0 Å². The number of hydrogen-bond donors (Lipinski definition) is 1. The number of hydrogen-bond acceptors (Lipinski definition) is 5. The Bertz CT molecular complexity index is 1060. The van der Waals surface area contributed by atoms with Crippen molar-refractivity contribution in [2.24, 2.45) is 0 Å². The van der Waals surface area contributed by atoms with Gasteiger partial charge >= 0.3 is 0 Å². The zero-order valence-electron chi connectivity index (χ0n) is 18.4. The second-order valence-corrected chi connectivity index (χ2v) is 8.32. The first-order chi connectivity index (χ1) is 14.3. The van der Waals surface area contributed by atoms with Crippen LogP contribution in [0.15, 0.2) is 52.5 Å². The molecule has 4 rings (SSSR count). The second-order valence-electron chi connectivity index (χ2n) is 8.32. The van der Waals surface area contributed by atoms with Gasteiger partial charge in [-0.15, -0.1) is 0 Å². The molecular weight excluding hydrogens is 376 g/mol. The van der Waals surface area contributed by atoms with E-state index in [9.17, 15) is 10.4 Å². The van der Waals surface area contributed by atoms with Crippen LogP contribution in [0.25, 0.3) is 5.57 Å². The third-order valence-corrected chi connectivity index (χ3v) is 6.52. The molecule has 3 aliphatic rings. The summed E-state index contributed by atoms with van der Waals surface area (Å²) in [7, 11) is 3.35. The average Bonchev–Trinajstić information content (AvgIpc) is 3.03. The van der Waals surface area contributed by atoms with E-state index in [1.165, 1.54) is 5.57 Å². The van der Waals surface area contributed by atoms with Crippen LogP contribution in [0.3, 0.4) is 0 Å². The van der Waals surface area contributed by atoms with Crippen molar-refractivity contribution in [3.05, 3.63) is 69.2 Å². The molecule has 1 aliphatic carbocycles. The Morgan fingerprint density at radius 2 is 1.83 bits per heavy atom. The molecule has 0 saturated carbocycles. The van der Waals surface area contributed by atoms with Gasteiger partial charge in [-0.05, 0) is 68.2 Å². The quantitative estimate of drug-likeness (QED) is 0.802. The molecule has 5 nitrogen and oxygen atoms in total. The van der Waals surface area contributed by atoms with Crippen LogP contribution in [0.1, 0.15) is 37.0 Å². The van der Waals surface area contributed by atoms with Crippen molar-refractivity contribution in [2.45, 2.75) is 52.3 Å². The molecular formula is C25H28N2O3. The Morgan fingerprint density at radius 1 is 1.17 bits per heavy atom. The van der Waals surface area contributed by atoms with Crippen LogP contribution in [0, 0.1) is 25.2 Å². The van der Waals surface area contributed by atoms with Gasteiger partial charge in [-0.3, -0.25) is 0 Å². The van der Waals surface area contributed by atoms with E-state index < -0.39 is 0 Å². The molecule has 0 radical (unpaired) electrons. The minimum atomic E-state index is -0.112. The summed E-state index contributed by atoms with van der Waals surface area (Å²) in [4.78, 5) is 2.32. The number of phenols is 1. The van der Waals surface area contributed by atoms with Gasteiger partial charge in [0.1, 0.15) is 23.7 Å². The van der Waals surface area contributed by atoms with Crippen LogP contribution in [0.4, 0.5) is 0 Å². The van der Waals surface area contributed by atoms with Gasteiger partial charge in [0.15, 0.2) is 0 Å². The molecule has 0 fully saturated rings. The molecule has 1 aromatic rings. The zero-order valence-corrected chi connectivity index (χ0v) is 18.4. The Hall–Kier alpha value is -2.97. The van der Waals surface area contributed by atoms with Crippen molar-refractivity contribution in [3.8, 4) is 11.8 Å². The first-order valence-corrected chi connectivity index (χ1v) is 10.3. The number of benzene rings is 1. The fourth-order valence-electron chi connectivity index (χ4n) is 5.12. The fraction of sp³-hybridized carbons (Fsp3) is 0.400. The van der Waals surface area contributed by atoms with Gasteiger partial charge in [-0.1, -0.05) is 6.08 Å². The molecule has 156 valence electrons. The number of nitrogens with zero attached hydrogens (tertiary/aromatic N) is 2. The molecule has 1 N–H and O–H groups in total. The van der Waals surface area contributed by atoms with Crippen molar-refractivity contribution < 1.29 is 14.6 Å². The van der Waals surface area contributed by atoms with Gasteiger partial charge in [-0.25, -0.2) is 0 Å². The average molecular weight is 405 g/mol. The number of ether oxygens (including phenoxy) is 2. The van der Waals surface area contributed by atoms with Crippen LogP contribution < -0.4 is 0 Å². The lowest BCUT2D eigenvalue weighted by atomic mass is 9.85. The van der Waals surface area contributed by atoms with E-state index >= 15 is 0 Å². The highest BCUT2D eigenvalue weighted by Gasteiger charge is 2.42. The third-order valence-electron chi connectivity index (χ3n) is 6.52. The van der Waals surface area contributed by atoms with Crippen molar-refractivity contribution in [3.63, 3.8) is 0 Å². The predicted molar refractivity (Wildman–Crippen MR) is 116 cm³/mol. The predicted octanol–water partition coefficient (Wildman–Crippen LogP) is 4.52. The molecule has 30 heavy (non-hydrogen) atoms. The van der Waals surface area contributed by atoms with Crippen molar-refractivity contribution in [2.75, 3.05) is 14.2 Å². The maximum atomic E-state index is 10.2. The van der Waals surface area contributed by atoms with Crippen LogP contribution in [0.5, 0.6) is 5.75 Å². The van der Waals surface area contributed by atoms with Crippen molar-refractivity contribution in [1.29, 1.82) is 5.26 Å². The minimum Gasteiger partial charge on any atom is -0.507 e. The van der Waals surface area contributed by atoms with E-state index in [0.717, 1.165) is 45.7 Å². The molecule has 0 aromatic heterocycles. The van der Waals surface area contributed by atoms with Gasteiger partial charge in [-0.2, -0.15) is 5.26 Å². The SMILES string of the molecule is COC1=CC2=C3C(C#N)=C(c4cc(C)c(O)c(C)c4)C(C)N3C(C)C=C2CC1OC. The van der Waals surface area contributed by atoms with Gasteiger partial charge in [0, 0.05) is 30.7 Å². The van der Waals surface area contributed by atoms with Crippen LogP contribution in [-0.4, -0.2) is 42.4 Å². The smallest absolute Gasteiger partial charge is 0.125 e. The maximum absolute atomic E-state index is 10.2. The van der Waals surface area contributed by atoms with Crippen molar-refractivity contribution in [1.82, 2.24) is 4.90 Å². The lowest BCUT2D eigenvalue weighted by Gasteiger charge is -2.39. The lowest BCUT2D eigenvalue weighted by Crippen LogP contribution is -2.39. The number of fused-ring (bicyclic) bond motifs is 2. The fourth-order valence-corrected chi connectivity index (χ4v) is 5.12. The number of aryl methyl sites for hydroxylation is 2. The Kier molecular flexibility index (Phi) is 4.99. The van der Waals surface area contributed by atoms with Crippen molar-refractivity contribution >= 4 is 5.57 Å².